The number of carbonyl (C=O) groups is 2. The number of rotatable bonds is 5. The van der Waals surface area contributed by atoms with Gasteiger partial charge in [0.2, 0.25) is 5.91 Å². The van der Waals surface area contributed by atoms with Crippen molar-refractivity contribution in [3.05, 3.63) is 33.4 Å². The normalized spacial score (nSPS) is 21.7. The molecule has 21 heavy (non-hydrogen) atoms. The highest BCUT2D eigenvalue weighted by atomic mass is 127. The molecule has 0 unspecified atom stereocenters. The van der Waals surface area contributed by atoms with Gasteiger partial charge in [0.1, 0.15) is 0 Å². The second-order valence-corrected chi connectivity index (χ2v) is 7.08. The van der Waals surface area contributed by atoms with Crippen LogP contribution in [0, 0.1) is 9.49 Å². The van der Waals surface area contributed by atoms with E-state index in [1.807, 2.05) is 29.2 Å². The highest BCUT2D eigenvalue weighted by molar-refractivity contribution is 14.1. The highest BCUT2D eigenvalue weighted by Gasteiger charge is 2.39. The number of hydrogen-bond donors (Lipinski definition) is 0. The molecular formula is C16H18INO3. The average molecular weight is 399 g/mol. The van der Waals surface area contributed by atoms with Gasteiger partial charge in [-0.25, -0.2) is 0 Å². The lowest BCUT2D eigenvalue weighted by molar-refractivity contribution is -0.144. The molecule has 0 spiro atoms. The first-order valence-corrected chi connectivity index (χ1v) is 8.39. The maximum absolute atomic E-state index is 11.8. The smallest absolute Gasteiger partial charge is 0.310 e. The first-order chi connectivity index (χ1) is 10.1. The molecule has 1 atom stereocenters. The van der Waals surface area contributed by atoms with E-state index in [-0.39, 0.29) is 17.8 Å². The number of nitrogens with zero attached hydrogens (tertiary/aromatic N) is 1. The van der Waals surface area contributed by atoms with E-state index in [0.29, 0.717) is 25.5 Å². The summed E-state index contributed by atoms with van der Waals surface area (Å²) in [6, 6.07) is 8.30. The van der Waals surface area contributed by atoms with Gasteiger partial charge in [0, 0.05) is 28.5 Å². The van der Waals surface area contributed by atoms with Gasteiger partial charge in [0.05, 0.1) is 13.0 Å². The Balaban J connectivity index is 1.43. The lowest BCUT2D eigenvalue weighted by Crippen LogP contribution is -2.28. The molecule has 4 nitrogen and oxygen atoms in total. The molecule has 0 N–H and O–H groups in total. The maximum Gasteiger partial charge on any atom is 0.310 e. The van der Waals surface area contributed by atoms with Crippen LogP contribution in [-0.4, -0.2) is 36.0 Å². The van der Waals surface area contributed by atoms with Gasteiger partial charge in [0.15, 0.2) is 0 Å². The molecule has 1 saturated carbocycles. The van der Waals surface area contributed by atoms with Gasteiger partial charge in [-0.1, -0.05) is 12.1 Å². The first-order valence-electron chi connectivity index (χ1n) is 7.31. The minimum absolute atomic E-state index is 0.166. The monoisotopic (exact) mass is 399 g/mol. The number of carbonyl (C=O) groups excluding carboxylic acids is 2. The Bertz CT molecular complexity index is 539. The zero-order valence-electron chi connectivity index (χ0n) is 11.8. The fourth-order valence-corrected chi connectivity index (χ4v) is 3.05. The van der Waals surface area contributed by atoms with E-state index in [4.69, 9.17) is 4.74 Å². The van der Waals surface area contributed by atoms with Gasteiger partial charge < -0.3 is 9.64 Å². The summed E-state index contributed by atoms with van der Waals surface area (Å²) < 4.78 is 6.48. The molecule has 3 rings (SSSR count). The van der Waals surface area contributed by atoms with Crippen LogP contribution in [0.4, 0.5) is 0 Å². The van der Waals surface area contributed by atoms with E-state index in [1.54, 1.807) is 0 Å². The molecule has 1 aromatic carbocycles. The highest BCUT2D eigenvalue weighted by Crippen LogP contribution is 2.32. The number of ether oxygens (including phenoxy) is 1. The lowest BCUT2D eigenvalue weighted by atomic mass is 10.1. The van der Waals surface area contributed by atoms with E-state index < -0.39 is 0 Å². The van der Waals surface area contributed by atoms with Gasteiger partial charge in [-0.3, -0.25) is 9.59 Å². The summed E-state index contributed by atoms with van der Waals surface area (Å²) in [4.78, 5) is 25.6. The van der Waals surface area contributed by atoms with Crippen LogP contribution < -0.4 is 0 Å². The minimum Gasteiger partial charge on any atom is -0.465 e. The Hall–Kier alpha value is -1.11. The van der Waals surface area contributed by atoms with Gasteiger partial charge in [0.25, 0.3) is 0 Å². The van der Waals surface area contributed by atoms with Gasteiger partial charge in [-0.2, -0.15) is 0 Å². The minimum atomic E-state index is -0.214. The number of halogens is 1. The van der Waals surface area contributed by atoms with Gasteiger partial charge >= 0.3 is 5.97 Å². The van der Waals surface area contributed by atoms with Crippen LogP contribution in [0.25, 0.3) is 0 Å². The number of amides is 1. The third-order valence-electron chi connectivity index (χ3n) is 3.97. The van der Waals surface area contributed by atoms with Gasteiger partial charge in [-0.15, -0.1) is 0 Å². The summed E-state index contributed by atoms with van der Waals surface area (Å²) in [7, 11) is 0. The van der Waals surface area contributed by atoms with Crippen molar-refractivity contribution in [2.45, 2.75) is 31.7 Å². The quantitative estimate of drug-likeness (QED) is 0.565. The second kappa shape index (κ2) is 6.34. The standard InChI is InChI=1S/C16H18INO3/c17-13-3-1-11(2-4-13)8-16(20)21-10-12-7-15(19)18(9-12)14-5-6-14/h1-4,12,14H,5-10H2/t12-/m0/s1. The summed E-state index contributed by atoms with van der Waals surface area (Å²) in [5.74, 6) is 0.170. The summed E-state index contributed by atoms with van der Waals surface area (Å²) in [5.41, 5.74) is 0.961. The molecule has 1 amide bonds. The molecule has 112 valence electrons. The third kappa shape index (κ3) is 3.96. The molecule has 1 aromatic rings. The SMILES string of the molecule is O=C(Cc1ccc(I)cc1)OC[C@H]1CC(=O)N(C2CC2)C1. The summed E-state index contributed by atoms with van der Waals surface area (Å²) in [5, 5.41) is 0. The molecule has 1 aliphatic carbocycles. The average Bonchev–Trinajstić information content (AvgIpc) is 3.23. The predicted octanol–water partition coefficient (Wildman–Crippen LogP) is 2.39. The predicted molar refractivity (Wildman–Crippen MR) is 86.7 cm³/mol. The van der Waals surface area contributed by atoms with Crippen molar-refractivity contribution >= 4 is 34.5 Å². The number of hydrogen-bond acceptors (Lipinski definition) is 3. The van der Waals surface area contributed by atoms with Crippen LogP contribution in [0.2, 0.25) is 0 Å². The molecule has 1 saturated heterocycles. The number of likely N-dealkylation sites (tertiary alicyclic amines) is 1. The Labute approximate surface area is 138 Å². The molecule has 0 bridgehead atoms. The van der Waals surface area contributed by atoms with Crippen molar-refractivity contribution in [1.29, 1.82) is 0 Å². The topological polar surface area (TPSA) is 46.6 Å². The van der Waals surface area contributed by atoms with Crippen molar-refractivity contribution < 1.29 is 14.3 Å². The van der Waals surface area contributed by atoms with Crippen molar-refractivity contribution in [2.75, 3.05) is 13.2 Å². The Kier molecular flexibility index (Phi) is 4.47. The third-order valence-corrected chi connectivity index (χ3v) is 4.69. The number of esters is 1. The second-order valence-electron chi connectivity index (χ2n) is 5.83. The van der Waals surface area contributed by atoms with E-state index >= 15 is 0 Å². The van der Waals surface area contributed by atoms with Crippen molar-refractivity contribution in [2.24, 2.45) is 5.92 Å². The fraction of sp³-hybridized carbons (Fsp3) is 0.500. The Morgan fingerprint density at radius 2 is 2.00 bits per heavy atom. The molecule has 0 radical (unpaired) electrons. The maximum atomic E-state index is 11.8. The van der Waals surface area contributed by atoms with E-state index in [2.05, 4.69) is 22.6 Å². The fourth-order valence-electron chi connectivity index (χ4n) is 2.69. The summed E-state index contributed by atoms with van der Waals surface area (Å²) >= 11 is 2.23. The van der Waals surface area contributed by atoms with Gasteiger partial charge in [-0.05, 0) is 53.1 Å². The summed E-state index contributed by atoms with van der Waals surface area (Å²) in [6.45, 7) is 1.11. The number of benzene rings is 1. The van der Waals surface area contributed by atoms with Crippen LogP contribution in [0.5, 0.6) is 0 Å². The van der Waals surface area contributed by atoms with E-state index in [1.165, 1.54) is 0 Å². The largest absolute Gasteiger partial charge is 0.465 e. The molecule has 2 aliphatic rings. The Morgan fingerprint density at radius 1 is 1.29 bits per heavy atom. The zero-order chi connectivity index (χ0) is 14.8. The molecule has 1 heterocycles. The molecule has 2 fully saturated rings. The van der Waals surface area contributed by atoms with E-state index in [9.17, 15) is 9.59 Å². The van der Waals surface area contributed by atoms with Crippen LogP contribution in [0.15, 0.2) is 24.3 Å². The van der Waals surface area contributed by atoms with Crippen LogP contribution in [0.3, 0.4) is 0 Å². The van der Waals surface area contributed by atoms with Crippen molar-refractivity contribution in [3.63, 3.8) is 0 Å². The van der Waals surface area contributed by atoms with Crippen LogP contribution in [0.1, 0.15) is 24.8 Å². The first kappa shape index (κ1) is 14.8. The van der Waals surface area contributed by atoms with Crippen LogP contribution in [-0.2, 0) is 20.7 Å². The van der Waals surface area contributed by atoms with Crippen LogP contribution >= 0.6 is 22.6 Å². The Morgan fingerprint density at radius 3 is 2.67 bits per heavy atom. The summed E-state index contributed by atoms with van der Waals surface area (Å²) in [6.07, 6.45) is 3.08. The molecule has 1 aliphatic heterocycles. The lowest BCUT2D eigenvalue weighted by Gasteiger charge is -2.15. The molecule has 5 heteroatoms. The molecule has 0 aromatic heterocycles. The van der Waals surface area contributed by atoms with E-state index in [0.717, 1.165) is 28.5 Å². The zero-order valence-corrected chi connectivity index (χ0v) is 13.9. The van der Waals surface area contributed by atoms with Crippen molar-refractivity contribution in [1.82, 2.24) is 4.90 Å². The molecular weight excluding hydrogens is 381 g/mol. The van der Waals surface area contributed by atoms with Crippen molar-refractivity contribution in [3.8, 4) is 0 Å².